The molecule has 0 aliphatic carbocycles. The minimum atomic E-state index is -2.84. The number of rotatable bonds is 2. The molecule has 15 heavy (non-hydrogen) atoms. The van der Waals surface area contributed by atoms with Crippen LogP contribution >= 0.6 is 0 Å². The Morgan fingerprint density at radius 3 is 2.67 bits per heavy atom. The van der Waals surface area contributed by atoms with Gasteiger partial charge in [0, 0.05) is 0 Å². The molecule has 0 atom stereocenters. The lowest BCUT2D eigenvalue weighted by Gasteiger charge is -2.22. The molecule has 2 heterocycles. The number of tetrazole rings is 1. The second-order valence-corrected chi connectivity index (χ2v) is 5.93. The van der Waals surface area contributed by atoms with Gasteiger partial charge in [-0.3, -0.25) is 0 Å². The van der Waals surface area contributed by atoms with Gasteiger partial charge in [0.05, 0.1) is 24.1 Å². The van der Waals surface area contributed by atoms with Gasteiger partial charge in [-0.25, -0.2) is 13.1 Å². The van der Waals surface area contributed by atoms with Gasteiger partial charge in [0.1, 0.15) is 9.84 Å². The van der Waals surface area contributed by atoms with E-state index in [2.05, 4.69) is 15.5 Å². The van der Waals surface area contributed by atoms with Gasteiger partial charge >= 0.3 is 0 Å². The van der Waals surface area contributed by atoms with E-state index in [1.165, 1.54) is 0 Å². The molecular formula is C7H13N5O2S. The fourth-order valence-electron chi connectivity index (χ4n) is 1.75. The largest absolute Gasteiger partial charge is 0.324 e. The third-order valence-corrected chi connectivity index (χ3v) is 4.33. The molecule has 2 N–H and O–H groups in total. The minimum absolute atomic E-state index is 0.0714. The quantitative estimate of drug-likeness (QED) is 0.691. The summed E-state index contributed by atoms with van der Waals surface area (Å²) in [4.78, 5) is 0. The van der Waals surface area contributed by atoms with Crippen molar-refractivity contribution >= 4 is 9.84 Å². The second kappa shape index (κ2) is 3.86. The number of nitrogens with zero attached hydrogens (tertiary/aromatic N) is 4. The molecule has 0 saturated carbocycles. The molecule has 0 aromatic carbocycles. The molecule has 0 amide bonds. The highest BCUT2D eigenvalue weighted by Gasteiger charge is 2.26. The molecule has 1 fully saturated rings. The molecule has 1 aromatic heterocycles. The van der Waals surface area contributed by atoms with E-state index >= 15 is 0 Å². The van der Waals surface area contributed by atoms with Crippen molar-refractivity contribution in [3.63, 3.8) is 0 Å². The van der Waals surface area contributed by atoms with E-state index in [9.17, 15) is 8.42 Å². The van der Waals surface area contributed by atoms with Crippen molar-refractivity contribution in [1.29, 1.82) is 0 Å². The molecule has 2 rings (SSSR count). The Kier molecular flexibility index (Phi) is 2.70. The fourth-order valence-corrected chi connectivity index (χ4v) is 3.22. The van der Waals surface area contributed by atoms with Crippen molar-refractivity contribution in [3.8, 4) is 0 Å². The van der Waals surface area contributed by atoms with Gasteiger partial charge in [-0.2, -0.15) is 0 Å². The minimum Gasteiger partial charge on any atom is -0.324 e. The van der Waals surface area contributed by atoms with Crippen LogP contribution in [0.5, 0.6) is 0 Å². The first-order valence-corrected chi connectivity index (χ1v) is 6.62. The molecule has 1 aliphatic heterocycles. The molecule has 1 aromatic rings. The van der Waals surface area contributed by atoms with E-state index in [4.69, 9.17) is 5.73 Å². The van der Waals surface area contributed by atoms with Crippen LogP contribution in [0, 0.1) is 0 Å². The van der Waals surface area contributed by atoms with Crippen LogP contribution in [0.2, 0.25) is 0 Å². The molecule has 1 aliphatic rings. The monoisotopic (exact) mass is 231 g/mol. The van der Waals surface area contributed by atoms with Crippen molar-refractivity contribution in [1.82, 2.24) is 20.2 Å². The Morgan fingerprint density at radius 1 is 1.40 bits per heavy atom. The normalized spacial score (nSPS) is 21.7. The Morgan fingerprint density at radius 2 is 2.07 bits per heavy atom. The lowest BCUT2D eigenvalue weighted by molar-refractivity contribution is 0.393. The summed E-state index contributed by atoms with van der Waals surface area (Å²) in [5, 5.41) is 11.2. The van der Waals surface area contributed by atoms with E-state index in [0.717, 1.165) is 0 Å². The summed E-state index contributed by atoms with van der Waals surface area (Å²) < 4.78 is 24.1. The summed E-state index contributed by atoms with van der Waals surface area (Å²) in [7, 11) is -2.84. The smallest absolute Gasteiger partial charge is 0.165 e. The van der Waals surface area contributed by atoms with Crippen LogP contribution in [0.3, 0.4) is 0 Å². The third kappa shape index (κ3) is 2.15. The lowest BCUT2D eigenvalue weighted by Crippen LogP contribution is -2.27. The van der Waals surface area contributed by atoms with Crippen molar-refractivity contribution in [2.45, 2.75) is 25.4 Å². The summed E-state index contributed by atoms with van der Waals surface area (Å²) in [6, 6.07) is 0.0714. The van der Waals surface area contributed by atoms with E-state index < -0.39 is 9.84 Å². The number of hydrogen-bond donors (Lipinski definition) is 1. The predicted molar refractivity (Wildman–Crippen MR) is 52.6 cm³/mol. The van der Waals surface area contributed by atoms with Gasteiger partial charge in [0.2, 0.25) is 0 Å². The van der Waals surface area contributed by atoms with E-state index in [0.29, 0.717) is 18.7 Å². The zero-order valence-corrected chi connectivity index (χ0v) is 9.02. The fraction of sp³-hybridized carbons (Fsp3) is 0.857. The van der Waals surface area contributed by atoms with Crippen LogP contribution in [-0.2, 0) is 16.4 Å². The van der Waals surface area contributed by atoms with E-state index in [1.54, 1.807) is 4.68 Å². The first kappa shape index (κ1) is 10.5. The molecule has 7 nitrogen and oxygen atoms in total. The highest BCUT2D eigenvalue weighted by Crippen LogP contribution is 2.23. The van der Waals surface area contributed by atoms with Gasteiger partial charge in [0.25, 0.3) is 0 Å². The van der Waals surface area contributed by atoms with Crippen molar-refractivity contribution in [2.24, 2.45) is 5.73 Å². The van der Waals surface area contributed by atoms with Crippen LogP contribution in [0.25, 0.3) is 0 Å². The highest BCUT2D eigenvalue weighted by atomic mass is 32.2. The summed E-state index contributed by atoms with van der Waals surface area (Å²) in [5.74, 6) is 1.03. The summed E-state index contributed by atoms with van der Waals surface area (Å²) in [5.41, 5.74) is 5.47. The highest BCUT2D eigenvalue weighted by molar-refractivity contribution is 7.91. The number of sulfone groups is 1. The Hall–Kier alpha value is -1.02. The first-order chi connectivity index (χ1) is 7.12. The van der Waals surface area contributed by atoms with Gasteiger partial charge < -0.3 is 5.73 Å². The molecule has 0 unspecified atom stereocenters. The Labute approximate surface area is 87.6 Å². The number of aromatic nitrogens is 4. The molecule has 1 saturated heterocycles. The standard InChI is InChI=1S/C7H13N5O2S/c8-5-7-9-10-11-12(7)6-1-3-15(13,14)4-2-6/h6H,1-5,8H2. The zero-order valence-electron chi connectivity index (χ0n) is 8.20. The lowest BCUT2D eigenvalue weighted by atomic mass is 10.1. The molecule has 0 spiro atoms. The van der Waals surface area contributed by atoms with Crippen LogP contribution < -0.4 is 5.73 Å². The molecule has 0 bridgehead atoms. The van der Waals surface area contributed by atoms with Crippen LogP contribution in [0.1, 0.15) is 24.7 Å². The molecular weight excluding hydrogens is 218 g/mol. The van der Waals surface area contributed by atoms with E-state index in [1.807, 2.05) is 0 Å². The van der Waals surface area contributed by atoms with Crippen molar-refractivity contribution in [2.75, 3.05) is 11.5 Å². The first-order valence-electron chi connectivity index (χ1n) is 4.79. The van der Waals surface area contributed by atoms with Gasteiger partial charge in [0.15, 0.2) is 5.82 Å². The van der Waals surface area contributed by atoms with E-state index in [-0.39, 0.29) is 24.1 Å². The number of nitrogens with two attached hydrogens (primary N) is 1. The molecule has 84 valence electrons. The maximum absolute atomic E-state index is 11.2. The van der Waals surface area contributed by atoms with Crippen molar-refractivity contribution < 1.29 is 8.42 Å². The van der Waals surface area contributed by atoms with Crippen molar-refractivity contribution in [3.05, 3.63) is 5.82 Å². The summed E-state index contributed by atoms with van der Waals surface area (Å²) >= 11 is 0. The number of hydrogen-bond acceptors (Lipinski definition) is 6. The average Bonchev–Trinajstić information content (AvgIpc) is 2.65. The topological polar surface area (TPSA) is 104 Å². The zero-order chi connectivity index (χ0) is 10.9. The van der Waals surface area contributed by atoms with Gasteiger partial charge in [-0.15, -0.1) is 5.10 Å². The average molecular weight is 231 g/mol. The maximum Gasteiger partial charge on any atom is 0.165 e. The van der Waals surface area contributed by atoms with Gasteiger partial charge in [-0.1, -0.05) is 0 Å². The summed E-state index contributed by atoms with van der Waals surface area (Å²) in [6.45, 7) is 0.274. The Balaban J connectivity index is 2.14. The van der Waals surface area contributed by atoms with Gasteiger partial charge in [-0.05, 0) is 23.3 Å². The molecule has 0 radical (unpaired) electrons. The SMILES string of the molecule is NCc1nnnn1C1CCS(=O)(=O)CC1. The second-order valence-electron chi connectivity index (χ2n) is 3.63. The maximum atomic E-state index is 11.2. The Bertz CT molecular complexity index is 426. The summed E-state index contributed by atoms with van der Waals surface area (Å²) in [6.07, 6.45) is 1.14. The third-order valence-electron chi connectivity index (χ3n) is 2.61. The predicted octanol–water partition coefficient (Wildman–Crippen LogP) is -1.12. The van der Waals surface area contributed by atoms with Crippen LogP contribution in [0.4, 0.5) is 0 Å². The molecule has 8 heteroatoms. The van der Waals surface area contributed by atoms with Crippen LogP contribution in [0.15, 0.2) is 0 Å². The van der Waals surface area contributed by atoms with Crippen LogP contribution in [-0.4, -0.2) is 40.1 Å².